The Morgan fingerprint density at radius 3 is 2.82 bits per heavy atom. The van der Waals surface area contributed by atoms with Crippen LogP contribution in [-0.2, 0) is 26.3 Å². The van der Waals surface area contributed by atoms with E-state index in [0.717, 1.165) is 55.4 Å². The van der Waals surface area contributed by atoms with Gasteiger partial charge in [-0.2, -0.15) is 0 Å². The average Bonchev–Trinajstić information content (AvgIpc) is 3.67. The summed E-state index contributed by atoms with van der Waals surface area (Å²) in [6, 6.07) is 6.20. The first kappa shape index (κ1) is 27.9. The molecule has 5 heteroatoms. The van der Waals surface area contributed by atoms with Gasteiger partial charge in [0.15, 0.2) is 5.60 Å². The number of rotatable bonds is 5. The van der Waals surface area contributed by atoms with Crippen molar-refractivity contribution in [2.45, 2.75) is 76.7 Å². The van der Waals surface area contributed by atoms with Gasteiger partial charge in [0.2, 0.25) is 0 Å². The Morgan fingerprint density at radius 1 is 1.07 bits per heavy atom. The van der Waals surface area contributed by atoms with E-state index in [0.29, 0.717) is 36.3 Å². The highest BCUT2D eigenvalue weighted by molar-refractivity contribution is 5.99. The van der Waals surface area contributed by atoms with Crippen LogP contribution < -0.4 is 5.73 Å². The van der Waals surface area contributed by atoms with E-state index in [1.54, 1.807) is 0 Å². The number of fused-ring (bicyclic) bond motifs is 4. The second-order valence-electron chi connectivity index (χ2n) is 15.1. The lowest BCUT2D eigenvalue weighted by Crippen LogP contribution is -2.75. The fourth-order valence-electron chi connectivity index (χ4n) is 12.2. The molecule has 3 saturated carbocycles. The largest absolute Gasteiger partial charge is 0.449 e. The number of esters is 2. The minimum absolute atomic E-state index is 0.0479. The Hall–Kier alpha value is -3.36. The van der Waals surface area contributed by atoms with Crippen molar-refractivity contribution in [2.75, 3.05) is 6.54 Å². The van der Waals surface area contributed by atoms with Gasteiger partial charge in [-0.3, -0.25) is 4.79 Å². The van der Waals surface area contributed by atoms with Gasteiger partial charge >= 0.3 is 11.9 Å². The first-order valence-electron chi connectivity index (χ1n) is 17.5. The van der Waals surface area contributed by atoms with Crippen molar-refractivity contribution >= 4 is 11.9 Å². The fourth-order valence-corrected chi connectivity index (χ4v) is 12.2. The standard InChI is InChI=1S/C40H43NO4/c1-2-8-32-38-21-19-25-9-5-13-30-27(15-16-29-18-17-28-12-3-4-20-37(28,29)30)23-33(44-36(38)43)39(38,24-25)40(32)31-14-6-10-26(11-7-22-41)34(31)35(42)45-40/h3-4,6,10,12,14,19-21,23,25,27-30,32H,2,7-8,11,13,15-18,22,24,41H2,1H3/t25-,27-,28-,29+,30-,32+,37-,38-,39+,40-/m0/s1. The molecule has 2 bridgehead atoms. The first-order valence-corrected chi connectivity index (χ1v) is 17.5. The lowest BCUT2D eigenvalue weighted by molar-refractivity contribution is -0.273. The maximum atomic E-state index is 14.4. The van der Waals surface area contributed by atoms with Crippen LogP contribution in [0.15, 0.2) is 66.5 Å². The molecule has 1 saturated heterocycles. The van der Waals surface area contributed by atoms with Crippen molar-refractivity contribution in [2.24, 2.45) is 57.5 Å². The molecule has 0 unspecified atom stereocenters. The Bertz CT molecular complexity index is 1690. The molecule has 6 aliphatic carbocycles. The van der Waals surface area contributed by atoms with Gasteiger partial charge < -0.3 is 15.2 Å². The summed E-state index contributed by atoms with van der Waals surface area (Å²) in [5.74, 6) is 9.23. The average molecular weight is 602 g/mol. The third-order valence-corrected chi connectivity index (χ3v) is 13.7. The van der Waals surface area contributed by atoms with Crippen molar-refractivity contribution in [3.05, 3.63) is 83.2 Å². The predicted molar refractivity (Wildman–Crippen MR) is 171 cm³/mol. The normalized spacial score (nSPS) is 43.9. The van der Waals surface area contributed by atoms with Crippen LogP contribution in [0.3, 0.4) is 0 Å². The molecular weight excluding hydrogens is 558 g/mol. The van der Waals surface area contributed by atoms with Gasteiger partial charge in [0, 0.05) is 29.2 Å². The molecule has 0 radical (unpaired) electrons. The maximum absolute atomic E-state index is 14.4. The zero-order valence-corrected chi connectivity index (χ0v) is 26.2. The number of hydrogen-bond acceptors (Lipinski definition) is 5. The lowest BCUT2D eigenvalue weighted by Gasteiger charge is -2.69. The molecule has 2 heterocycles. The Morgan fingerprint density at radius 2 is 1.96 bits per heavy atom. The minimum atomic E-state index is -0.968. The van der Waals surface area contributed by atoms with Crippen LogP contribution >= 0.6 is 0 Å². The molecule has 4 fully saturated rings. The zero-order valence-electron chi connectivity index (χ0n) is 26.2. The summed E-state index contributed by atoms with van der Waals surface area (Å²) < 4.78 is 13.4. The van der Waals surface area contributed by atoms with Crippen LogP contribution in [0.2, 0.25) is 0 Å². The van der Waals surface area contributed by atoms with Crippen molar-refractivity contribution in [1.82, 2.24) is 0 Å². The van der Waals surface area contributed by atoms with Crippen LogP contribution in [0.5, 0.6) is 0 Å². The number of benzene rings is 1. The van der Waals surface area contributed by atoms with Crippen LogP contribution in [0.4, 0.5) is 0 Å². The van der Waals surface area contributed by atoms with E-state index in [4.69, 9.17) is 15.2 Å². The topological polar surface area (TPSA) is 78.6 Å². The third-order valence-electron chi connectivity index (χ3n) is 13.7. The molecule has 9 rings (SSSR count). The van der Waals surface area contributed by atoms with E-state index in [2.05, 4.69) is 73.4 Å². The van der Waals surface area contributed by atoms with Gasteiger partial charge in [0.25, 0.3) is 0 Å². The van der Waals surface area contributed by atoms with E-state index in [1.807, 2.05) is 6.07 Å². The second kappa shape index (κ2) is 9.58. The molecule has 8 aliphatic rings. The van der Waals surface area contributed by atoms with Crippen molar-refractivity contribution in [3.8, 4) is 11.8 Å². The molecule has 45 heavy (non-hydrogen) atoms. The van der Waals surface area contributed by atoms with Crippen LogP contribution in [0, 0.1) is 63.6 Å². The summed E-state index contributed by atoms with van der Waals surface area (Å²) in [6.45, 7) is 2.72. The number of hydrogen-bond donors (Lipinski definition) is 1. The predicted octanol–water partition coefficient (Wildman–Crippen LogP) is 6.94. The minimum Gasteiger partial charge on any atom is -0.449 e. The number of nitrogens with two attached hydrogens (primary N) is 1. The van der Waals surface area contributed by atoms with Gasteiger partial charge in [0.1, 0.15) is 11.2 Å². The Labute approximate surface area is 266 Å². The van der Waals surface area contributed by atoms with Gasteiger partial charge in [-0.05, 0) is 93.2 Å². The summed E-state index contributed by atoms with van der Waals surface area (Å²) in [4.78, 5) is 28.5. The highest BCUT2D eigenvalue weighted by atomic mass is 16.6. The number of ether oxygens (including phenoxy) is 2. The maximum Gasteiger partial charge on any atom is 0.339 e. The van der Waals surface area contributed by atoms with Gasteiger partial charge in [-0.15, -0.1) is 5.92 Å². The molecule has 232 valence electrons. The number of allylic oxidation sites excluding steroid dienone is 6. The smallest absolute Gasteiger partial charge is 0.339 e. The molecule has 1 aromatic rings. The molecule has 2 N–H and O–H groups in total. The molecule has 3 spiro atoms. The Kier molecular flexibility index (Phi) is 5.94. The van der Waals surface area contributed by atoms with Gasteiger partial charge in [-0.1, -0.05) is 73.9 Å². The summed E-state index contributed by atoms with van der Waals surface area (Å²) in [5.41, 5.74) is 5.96. The molecule has 2 aliphatic heterocycles. The number of aryl methyl sites for hydroxylation is 1. The SMILES string of the molecule is CCC[C@@H]1[C@@]23C=C[C@@H]4C#CC[C@H]5[C@H](C=C(OC2=O)[C@@]3(C4)[C@@]12OC(=O)c1c(CCCN)cccc12)CC[C@@H]1CC[C@@H]2C=CC=C[C@@]125. The number of carbonyl (C=O) groups excluding carboxylic acids is 2. The van der Waals surface area contributed by atoms with Crippen LogP contribution in [-0.4, -0.2) is 18.5 Å². The second-order valence-corrected chi connectivity index (χ2v) is 15.1. The van der Waals surface area contributed by atoms with E-state index in [1.165, 1.54) is 19.3 Å². The molecule has 5 nitrogen and oxygen atoms in total. The summed E-state index contributed by atoms with van der Waals surface area (Å²) >= 11 is 0. The molecule has 10 atom stereocenters. The molecule has 0 aromatic heterocycles. The van der Waals surface area contributed by atoms with E-state index >= 15 is 0 Å². The lowest BCUT2D eigenvalue weighted by atomic mass is 9.31. The third kappa shape index (κ3) is 3.11. The zero-order chi connectivity index (χ0) is 30.6. The quantitative estimate of drug-likeness (QED) is 0.225. The van der Waals surface area contributed by atoms with Crippen molar-refractivity contribution in [1.29, 1.82) is 0 Å². The molecule has 1 aromatic carbocycles. The summed E-state index contributed by atoms with van der Waals surface area (Å²) in [7, 11) is 0. The molecular formula is C40H43NO4. The highest BCUT2D eigenvalue weighted by Crippen LogP contribution is 2.84. The van der Waals surface area contributed by atoms with Crippen LogP contribution in [0.25, 0.3) is 0 Å². The van der Waals surface area contributed by atoms with Crippen molar-refractivity contribution in [3.63, 3.8) is 0 Å². The van der Waals surface area contributed by atoms with Gasteiger partial charge in [0.05, 0.1) is 11.0 Å². The van der Waals surface area contributed by atoms with E-state index in [-0.39, 0.29) is 35.1 Å². The first-order chi connectivity index (χ1) is 22.0. The monoisotopic (exact) mass is 601 g/mol. The Balaban J connectivity index is 1.27. The van der Waals surface area contributed by atoms with E-state index in [9.17, 15) is 9.59 Å². The fraction of sp³-hybridized carbons (Fsp3) is 0.550. The van der Waals surface area contributed by atoms with Gasteiger partial charge in [-0.25, -0.2) is 4.79 Å². The summed E-state index contributed by atoms with van der Waals surface area (Å²) in [6.07, 6.45) is 25.5. The van der Waals surface area contributed by atoms with E-state index < -0.39 is 16.4 Å². The van der Waals surface area contributed by atoms with Crippen molar-refractivity contribution < 1.29 is 19.1 Å². The molecule has 0 amide bonds. The summed E-state index contributed by atoms with van der Waals surface area (Å²) in [5, 5.41) is 0. The van der Waals surface area contributed by atoms with Crippen LogP contribution in [0.1, 0.15) is 86.2 Å². The number of carbonyl (C=O) groups is 2. The highest BCUT2D eigenvalue weighted by Gasteiger charge is 2.91.